The van der Waals surface area contributed by atoms with Gasteiger partial charge in [-0.15, -0.1) is 0 Å². The summed E-state index contributed by atoms with van der Waals surface area (Å²) in [5, 5.41) is 8.55. The van der Waals surface area contributed by atoms with Gasteiger partial charge in [0.2, 0.25) is 0 Å². The first-order valence-electron chi connectivity index (χ1n) is 6.78. The van der Waals surface area contributed by atoms with E-state index in [0.29, 0.717) is 13.0 Å². The molecule has 0 atom stereocenters. The number of carbonyl (C=O) groups is 1. The minimum Gasteiger partial charge on any atom is -0.497 e. The Bertz CT molecular complexity index is 573. The van der Waals surface area contributed by atoms with Gasteiger partial charge in [-0.05, 0) is 41.8 Å². The second-order valence-corrected chi connectivity index (χ2v) is 4.60. The number of hydrogen-bond acceptors (Lipinski definition) is 3. The van der Waals surface area contributed by atoms with Crippen LogP contribution in [0.2, 0.25) is 0 Å². The van der Waals surface area contributed by atoms with E-state index in [1.165, 1.54) is 0 Å². The summed E-state index contributed by atoms with van der Waals surface area (Å²) in [6, 6.07) is 15.6. The Hall–Kier alpha value is -2.49. The van der Waals surface area contributed by atoms with E-state index in [4.69, 9.17) is 14.6 Å². The highest BCUT2D eigenvalue weighted by molar-refractivity contribution is 5.66. The zero-order chi connectivity index (χ0) is 15.1. The molecule has 0 spiro atoms. The number of hydrogen-bond donors (Lipinski definition) is 1. The summed E-state index contributed by atoms with van der Waals surface area (Å²) in [7, 11) is 1.64. The van der Waals surface area contributed by atoms with Gasteiger partial charge in [-0.2, -0.15) is 0 Å². The summed E-state index contributed by atoms with van der Waals surface area (Å²) in [6.07, 6.45) is 0.638. The zero-order valence-corrected chi connectivity index (χ0v) is 11.9. The van der Waals surface area contributed by atoms with E-state index in [1.807, 2.05) is 48.5 Å². The Morgan fingerprint density at radius 3 is 1.95 bits per heavy atom. The second-order valence-electron chi connectivity index (χ2n) is 4.60. The molecule has 1 N–H and O–H groups in total. The fraction of sp³-hybridized carbons (Fsp3) is 0.235. The number of ether oxygens (including phenoxy) is 2. The summed E-state index contributed by atoms with van der Waals surface area (Å²) < 4.78 is 10.6. The predicted octanol–water partition coefficient (Wildman–Crippen LogP) is 3.61. The quantitative estimate of drug-likeness (QED) is 0.790. The van der Waals surface area contributed by atoms with Crippen molar-refractivity contribution in [3.8, 4) is 22.6 Å². The van der Waals surface area contributed by atoms with Crippen molar-refractivity contribution in [2.24, 2.45) is 0 Å². The average molecular weight is 286 g/mol. The molecule has 0 aromatic heterocycles. The summed E-state index contributed by atoms with van der Waals surface area (Å²) >= 11 is 0. The van der Waals surface area contributed by atoms with Crippen LogP contribution < -0.4 is 9.47 Å². The highest BCUT2D eigenvalue weighted by atomic mass is 16.5. The van der Waals surface area contributed by atoms with Crippen LogP contribution in [-0.4, -0.2) is 24.8 Å². The van der Waals surface area contributed by atoms with Gasteiger partial charge in [0.05, 0.1) is 13.7 Å². The predicted molar refractivity (Wildman–Crippen MR) is 80.8 cm³/mol. The van der Waals surface area contributed by atoms with Gasteiger partial charge in [-0.1, -0.05) is 24.3 Å². The monoisotopic (exact) mass is 286 g/mol. The number of methoxy groups -OCH3 is 1. The average Bonchev–Trinajstić information content (AvgIpc) is 2.52. The van der Waals surface area contributed by atoms with Gasteiger partial charge in [0.25, 0.3) is 0 Å². The van der Waals surface area contributed by atoms with Crippen LogP contribution in [0.1, 0.15) is 12.8 Å². The molecule has 0 amide bonds. The molecule has 2 rings (SSSR count). The Morgan fingerprint density at radius 1 is 0.952 bits per heavy atom. The number of benzene rings is 2. The van der Waals surface area contributed by atoms with Gasteiger partial charge in [-0.3, -0.25) is 4.79 Å². The molecule has 0 saturated heterocycles. The van der Waals surface area contributed by atoms with Crippen molar-refractivity contribution < 1.29 is 19.4 Å². The van der Waals surface area contributed by atoms with Gasteiger partial charge >= 0.3 is 5.97 Å². The molecule has 21 heavy (non-hydrogen) atoms. The minimum atomic E-state index is -0.798. The highest BCUT2D eigenvalue weighted by Gasteiger charge is 2.01. The highest BCUT2D eigenvalue weighted by Crippen LogP contribution is 2.24. The number of aliphatic carboxylic acids is 1. The molecule has 0 aliphatic rings. The molecule has 0 aliphatic heterocycles. The van der Waals surface area contributed by atoms with Crippen LogP contribution in [0.4, 0.5) is 0 Å². The van der Waals surface area contributed by atoms with Crippen LogP contribution in [0.3, 0.4) is 0 Å². The maximum Gasteiger partial charge on any atom is 0.303 e. The largest absolute Gasteiger partial charge is 0.497 e. The third-order valence-electron chi connectivity index (χ3n) is 3.08. The van der Waals surface area contributed by atoms with E-state index in [9.17, 15) is 4.79 Å². The van der Waals surface area contributed by atoms with Crippen LogP contribution in [0.25, 0.3) is 11.1 Å². The molecule has 4 heteroatoms. The molecule has 0 radical (unpaired) electrons. The third-order valence-corrected chi connectivity index (χ3v) is 3.08. The Morgan fingerprint density at radius 2 is 1.48 bits per heavy atom. The summed E-state index contributed by atoms with van der Waals surface area (Å²) in [5.74, 6) is 0.781. The maximum absolute atomic E-state index is 10.4. The van der Waals surface area contributed by atoms with Gasteiger partial charge < -0.3 is 14.6 Å². The van der Waals surface area contributed by atoms with Gasteiger partial charge in [0.1, 0.15) is 11.5 Å². The van der Waals surface area contributed by atoms with Crippen molar-refractivity contribution in [2.45, 2.75) is 12.8 Å². The Kier molecular flexibility index (Phi) is 5.21. The maximum atomic E-state index is 10.4. The molecular weight excluding hydrogens is 268 g/mol. The molecular formula is C17H18O4. The molecule has 0 fully saturated rings. The van der Waals surface area contributed by atoms with Crippen LogP contribution >= 0.6 is 0 Å². The molecule has 2 aromatic rings. The van der Waals surface area contributed by atoms with Gasteiger partial charge in [0.15, 0.2) is 0 Å². The van der Waals surface area contributed by atoms with Crippen molar-refractivity contribution in [1.29, 1.82) is 0 Å². The van der Waals surface area contributed by atoms with Crippen LogP contribution in [0.15, 0.2) is 48.5 Å². The topological polar surface area (TPSA) is 55.8 Å². The standard InChI is InChI=1S/C17H18O4/c1-20-15-8-4-13(5-9-15)14-6-10-16(11-7-14)21-12-2-3-17(18)19/h4-11H,2-3,12H2,1H3,(H,18,19). The van der Waals surface area contributed by atoms with Crippen molar-refractivity contribution in [3.63, 3.8) is 0 Å². The fourth-order valence-electron chi connectivity index (χ4n) is 1.94. The van der Waals surface area contributed by atoms with E-state index in [-0.39, 0.29) is 6.42 Å². The van der Waals surface area contributed by atoms with Crippen LogP contribution in [0, 0.1) is 0 Å². The molecule has 4 nitrogen and oxygen atoms in total. The number of carboxylic acid groups (broad SMARTS) is 1. The smallest absolute Gasteiger partial charge is 0.303 e. The molecule has 2 aromatic carbocycles. The van der Waals surface area contributed by atoms with Gasteiger partial charge in [-0.25, -0.2) is 0 Å². The van der Waals surface area contributed by atoms with Crippen LogP contribution in [0.5, 0.6) is 11.5 Å². The van der Waals surface area contributed by atoms with Crippen molar-refractivity contribution in [1.82, 2.24) is 0 Å². The molecule has 0 unspecified atom stereocenters. The van der Waals surface area contributed by atoms with E-state index in [0.717, 1.165) is 22.6 Å². The fourth-order valence-corrected chi connectivity index (χ4v) is 1.94. The van der Waals surface area contributed by atoms with Crippen LogP contribution in [-0.2, 0) is 4.79 Å². The minimum absolute atomic E-state index is 0.129. The van der Waals surface area contributed by atoms with E-state index in [2.05, 4.69) is 0 Å². The van der Waals surface area contributed by atoms with E-state index >= 15 is 0 Å². The number of carboxylic acids is 1. The van der Waals surface area contributed by atoms with Crippen molar-refractivity contribution >= 4 is 5.97 Å². The molecule has 110 valence electrons. The first-order valence-corrected chi connectivity index (χ1v) is 6.78. The molecule has 0 saturated carbocycles. The SMILES string of the molecule is COc1ccc(-c2ccc(OCCCC(=O)O)cc2)cc1. The Labute approximate surface area is 123 Å². The zero-order valence-electron chi connectivity index (χ0n) is 11.9. The molecule has 0 heterocycles. The summed E-state index contributed by atoms with van der Waals surface area (Å²) in [6.45, 7) is 0.411. The lowest BCUT2D eigenvalue weighted by atomic mass is 10.1. The lowest BCUT2D eigenvalue weighted by Crippen LogP contribution is -2.01. The lowest BCUT2D eigenvalue weighted by Gasteiger charge is -2.07. The number of rotatable bonds is 7. The molecule has 0 aliphatic carbocycles. The lowest BCUT2D eigenvalue weighted by molar-refractivity contribution is -0.137. The second kappa shape index (κ2) is 7.33. The van der Waals surface area contributed by atoms with E-state index < -0.39 is 5.97 Å². The first kappa shape index (κ1) is 14.9. The third kappa shape index (κ3) is 4.53. The molecule has 0 bridgehead atoms. The normalized spacial score (nSPS) is 10.1. The van der Waals surface area contributed by atoms with Gasteiger partial charge in [0, 0.05) is 6.42 Å². The first-order chi connectivity index (χ1) is 10.2. The van der Waals surface area contributed by atoms with Crippen molar-refractivity contribution in [2.75, 3.05) is 13.7 Å². The summed E-state index contributed by atoms with van der Waals surface area (Å²) in [4.78, 5) is 10.4. The van der Waals surface area contributed by atoms with E-state index in [1.54, 1.807) is 7.11 Å². The van der Waals surface area contributed by atoms with Crippen molar-refractivity contribution in [3.05, 3.63) is 48.5 Å². The summed E-state index contributed by atoms with van der Waals surface area (Å²) in [5.41, 5.74) is 2.20. The Balaban J connectivity index is 1.93.